The van der Waals surface area contributed by atoms with E-state index in [4.69, 9.17) is 23.2 Å². The number of rotatable bonds is 1. The SMILES string of the molecule is CC(C)c1cc(Cl)c(Cl)cn1. The van der Waals surface area contributed by atoms with E-state index in [-0.39, 0.29) is 0 Å². The van der Waals surface area contributed by atoms with E-state index < -0.39 is 0 Å². The van der Waals surface area contributed by atoms with Crippen molar-refractivity contribution in [3.63, 3.8) is 0 Å². The van der Waals surface area contributed by atoms with E-state index in [2.05, 4.69) is 18.8 Å². The number of halogens is 2. The van der Waals surface area contributed by atoms with E-state index >= 15 is 0 Å². The second-order valence-electron chi connectivity index (χ2n) is 2.68. The van der Waals surface area contributed by atoms with Crippen molar-refractivity contribution < 1.29 is 0 Å². The molecule has 0 spiro atoms. The van der Waals surface area contributed by atoms with Crippen LogP contribution in [0.25, 0.3) is 0 Å². The van der Waals surface area contributed by atoms with Gasteiger partial charge >= 0.3 is 0 Å². The molecule has 0 fully saturated rings. The molecule has 0 saturated carbocycles. The maximum Gasteiger partial charge on any atom is 0.0775 e. The Bertz CT molecular complexity index is 258. The highest BCUT2D eigenvalue weighted by Gasteiger charge is 2.03. The molecule has 1 aromatic rings. The molecule has 0 bridgehead atoms. The lowest BCUT2D eigenvalue weighted by Crippen LogP contribution is -1.91. The van der Waals surface area contributed by atoms with Gasteiger partial charge in [0.1, 0.15) is 0 Å². The largest absolute Gasteiger partial charge is 0.259 e. The van der Waals surface area contributed by atoms with Crippen LogP contribution in [-0.2, 0) is 0 Å². The van der Waals surface area contributed by atoms with Crippen LogP contribution in [0.4, 0.5) is 0 Å². The molecule has 1 aromatic heterocycles. The van der Waals surface area contributed by atoms with E-state index in [1.807, 2.05) is 0 Å². The topological polar surface area (TPSA) is 12.9 Å². The van der Waals surface area contributed by atoms with Crippen molar-refractivity contribution >= 4 is 23.2 Å². The molecule has 0 aliphatic carbocycles. The van der Waals surface area contributed by atoms with Gasteiger partial charge in [-0.05, 0) is 12.0 Å². The summed E-state index contributed by atoms with van der Waals surface area (Å²) in [7, 11) is 0. The maximum absolute atomic E-state index is 5.79. The summed E-state index contributed by atoms with van der Waals surface area (Å²) in [6, 6.07) is 1.80. The summed E-state index contributed by atoms with van der Waals surface area (Å²) < 4.78 is 0. The lowest BCUT2D eigenvalue weighted by molar-refractivity contribution is 0.823. The molecule has 60 valence electrons. The van der Waals surface area contributed by atoms with Crippen molar-refractivity contribution in [2.75, 3.05) is 0 Å². The summed E-state index contributed by atoms with van der Waals surface area (Å²) >= 11 is 11.5. The molecule has 11 heavy (non-hydrogen) atoms. The summed E-state index contributed by atoms with van der Waals surface area (Å²) in [4.78, 5) is 4.12. The molecule has 0 saturated heterocycles. The van der Waals surface area contributed by atoms with Crippen molar-refractivity contribution in [3.05, 3.63) is 28.0 Å². The fourth-order valence-corrected chi connectivity index (χ4v) is 1.01. The van der Waals surface area contributed by atoms with Crippen LogP contribution in [0.3, 0.4) is 0 Å². The summed E-state index contributed by atoms with van der Waals surface area (Å²) in [5.74, 6) is 0.393. The minimum absolute atomic E-state index is 0.393. The first kappa shape index (κ1) is 8.82. The van der Waals surface area contributed by atoms with Crippen molar-refractivity contribution in [2.45, 2.75) is 19.8 Å². The number of aromatic nitrogens is 1. The molecule has 0 aliphatic heterocycles. The zero-order valence-electron chi connectivity index (χ0n) is 6.44. The fourth-order valence-electron chi connectivity index (χ4n) is 0.745. The molecule has 0 aromatic carbocycles. The summed E-state index contributed by atoms with van der Waals surface area (Å²) in [6.07, 6.45) is 1.58. The normalized spacial score (nSPS) is 10.6. The van der Waals surface area contributed by atoms with Gasteiger partial charge in [-0.3, -0.25) is 4.98 Å². The van der Waals surface area contributed by atoms with Gasteiger partial charge in [0, 0.05) is 11.9 Å². The van der Waals surface area contributed by atoms with E-state index in [0.717, 1.165) is 5.69 Å². The Morgan fingerprint density at radius 1 is 1.27 bits per heavy atom. The monoisotopic (exact) mass is 189 g/mol. The average molecular weight is 190 g/mol. The van der Waals surface area contributed by atoms with E-state index in [0.29, 0.717) is 16.0 Å². The molecule has 0 amide bonds. The van der Waals surface area contributed by atoms with Gasteiger partial charge in [0.15, 0.2) is 0 Å². The smallest absolute Gasteiger partial charge is 0.0775 e. The standard InChI is InChI=1S/C8H9Cl2N/c1-5(2)8-3-6(9)7(10)4-11-8/h3-5H,1-2H3. The molecule has 0 unspecified atom stereocenters. The first-order valence-electron chi connectivity index (χ1n) is 3.42. The van der Waals surface area contributed by atoms with Gasteiger partial charge in [0.05, 0.1) is 10.0 Å². The highest BCUT2D eigenvalue weighted by molar-refractivity contribution is 6.41. The Hall–Kier alpha value is -0.270. The zero-order valence-corrected chi connectivity index (χ0v) is 7.95. The quantitative estimate of drug-likeness (QED) is 0.660. The Morgan fingerprint density at radius 3 is 2.36 bits per heavy atom. The van der Waals surface area contributed by atoms with Gasteiger partial charge < -0.3 is 0 Å². The van der Waals surface area contributed by atoms with Gasteiger partial charge in [-0.25, -0.2) is 0 Å². The third kappa shape index (κ3) is 2.08. The molecule has 1 nitrogen and oxygen atoms in total. The number of hydrogen-bond acceptors (Lipinski definition) is 1. The predicted octanol–water partition coefficient (Wildman–Crippen LogP) is 3.51. The minimum atomic E-state index is 0.393. The lowest BCUT2D eigenvalue weighted by Gasteiger charge is -2.04. The third-order valence-electron chi connectivity index (χ3n) is 1.42. The van der Waals surface area contributed by atoms with Crippen molar-refractivity contribution in [1.29, 1.82) is 0 Å². The van der Waals surface area contributed by atoms with Crippen LogP contribution in [0, 0.1) is 0 Å². The van der Waals surface area contributed by atoms with Crippen molar-refractivity contribution in [2.24, 2.45) is 0 Å². The van der Waals surface area contributed by atoms with E-state index in [1.54, 1.807) is 12.3 Å². The van der Waals surface area contributed by atoms with Crippen LogP contribution >= 0.6 is 23.2 Å². The Kier molecular flexibility index (Phi) is 2.74. The van der Waals surface area contributed by atoms with Crippen molar-refractivity contribution in [1.82, 2.24) is 4.98 Å². The van der Waals surface area contributed by atoms with Crippen LogP contribution < -0.4 is 0 Å². The number of pyridine rings is 1. The van der Waals surface area contributed by atoms with Gasteiger partial charge in [-0.1, -0.05) is 37.0 Å². The summed E-state index contributed by atoms with van der Waals surface area (Å²) in [5.41, 5.74) is 0.972. The Balaban J connectivity index is 3.05. The second kappa shape index (κ2) is 3.42. The van der Waals surface area contributed by atoms with Crippen LogP contribution in [0.5, 0.6) is 0 Å². The van der Waals surface area contributed by atoms with Gasteiger partial charge in [0.2, 0.25) is 0 Å². The number of hydrogen-bond donors (Lipinski definition) is 0. The molecule has 0 aliphatic rings. The molecule has 3 heteroatoms. The van der Waals surface area contributed by atoms with Gasteiger partial charge in [0.25, 0.3) is 0 Å². The second-order valence-corrected chi connectivity index (χ2v) is 3.49. The first-order chi connectivity index (χ1) is 5.11. The maximum atomic E-state index is 5.79. The first-order valence-corrected chi connectivity index (χ1v) is 4.18. The Labute approximate surface area is 76.4 Å². The van der Waals surface area contributed by atoms with Gasteiger partial charge in [-0.15, -0.1) is 0 Å². The minimum Gasteiger partial charge on any atom is -0.259 e. The molecule has 1 heterocycles. The molecular weight excluding hydrogens is 181 g/mol. The highest BCUT2D eigenvalue weighted by atomic mass is 35.5. The van der Waals surface area contributed by atoms with Crippen molar-refractivity contribution in [3.8, 4) is 0 Å². The molecular formula is C8H9Cl2N. The van der Waals surface area contributed by atoms with Crippen LogP contribution in [-0.4, -0.2) is 4.98 Å². The Morgan fingerprint density at radius 2 is 1.91 bits per heavy atom. The summed E-state index contributed by atoms with van der Waals surface area (Å²) in [5, 5.41) is 1.08. The third-order valence-corrected chi connectivity index (χ3v) is 2.13. The summed E-state index contributed by atoms with van der Waals surface area (Å²) in [6.45, 7) is 4.12. The molecule has 0 N–H and O–H groups in total. The van der Waals surface area contributed by atoms with Gasteiger partial charge in [-0.2, -0.15) is 0 Å². The van der Waals surface area contributed by atoms with Crippen LogP contribution in [0.2, 0.25) is 10.0 Å². The zero-order chi connectivity index (χ0) is 8.43. The predicted molar refractivity (Wildman–Crippen MR) is 48.3 cm³/mol. The lowest BCUT2D eigenvalue weighted by atomic mass is 10.1. The van der Waals surface area contributed by atoms with E-state index in [9.17, 15) is 0 Å². The number of nitrogens with zero attached hydrogens (tertiary/aromatic N) is 1. The van der Waals surface area contributed by atoms with E-state index in [1.165, 1.54) is 0 Å². The fraction of sp³-hybridized carbons (Fsp3) is 0.375. The van der Waals surface area contributed by atoms with Crippen LogP contribution in [0.1, 0.15) is 25.5 Å². The molecule has 0 atom stereocenters. The molecule has 0 radical (unpaired) electrons. The molecule has 1 rings (SSSR count). The highest BCUT2D eigenvalue weighted by Crippen LogP contribution is 2.23. The van der Waals surface area contributed by atoms with Crippen LogP contribution in [0.15, 0.2) is 12.3 Å². The average Bonchev–Trinajstić information content (AvgIpc) is 1.94.